The van der Waals surface area contributed by atoms with Crippen molar-refractivity contribution in [3.63, 3.8) is 0 Å². The molecule has 36 heavy (non-hydrogen) atoms. The van der Waals surface area contributed by atoms with E-state index in [1.54, 1.807) is 11.0 Å². The lowest BCUT2D eigenvalue weighted by Crippen LogP contribution is -2.51. The van der Waals surface area contributed by atoms with Crippen LogP contribution in [0.2, 0.25) is 0 Å². The Kier molecular flexibility index (Phi) is 6.03. The van der Waals surface area contributed by atoms with Gasteiger partial charge in [0, 0.05) is 37.3 Å². The molecule has 0 bridgehead atoms. The lowest BCUT2D eigenvalue weighted by molar-refractivity contribution is -0.114. The van der Waals surface area contributed by atoms with Crippen LogP contribution in [0.5, 0.6) is 0 Å². The minimum Gasteiger partial charge on any atom is -0.377 e. The summed E-state index contributed by atoms with van der Waals surface area (Å²) in [5, 5.41) is 12.1. The Balaban J connectivity index is 1.67. The van der Waals surface area contributed by atoms with E-state index in [2.05, 4.69) is 45.6 Å². The number of hydrogen-bond donors (Lipinski definition) is 1. The van der Waals surface area contributed by atoms with E-state index in [0.29, 0.717) is 30.4 Å². The van der Waals surface area contributed by atoms with Crippen LogP contribution in [0, 0.1) is 40.3 Å². The number of halogens is 1. The number of anilines is 1. The molecule has 1 aromatic rings. The minimum atomic E-state index is -1.06. The summed E-state index contributed by atoms with van der Waals surface area (Å²) in [5.74, 6) is 7.38. The molecule has 4 aliphatic carbocycles. The first-order chi connectivity index (χ1) is 16.8. The maximum atomic E-state index is 15.2. The molecule has 1 aromatic carbocycles. The van der Waals surface area contributed by atoms with Gasteiger partial charge in [0.2, 0.25) is 0 Å². The van der Waals surface area contributed by atoms with Gasteiger partial charge in [-0.25, -0.2) is 4.39 Å². The van der Waals surface area contributed by atoms with Crippen molar-refractivity contribution in [2.45, 2.75) is 84.2 Å². The first kappa shape index (κ1) is 25.3. The molecule has 192 valence electrons. The van der Waals surface area contributed by atoms with Crippen molar-refractivity contribution in [3.05, 3.63) is 52.4 Å². The second kappa shape index (κ2) is 8.59. The molecule has 0 radical (unpaired) electrons. The SMILES string of the molecule is CN(C)c1ccc([C@H]2C[C@@]3(C)[C@@H](CC[C@@]3(O)C#CC(C)(C)C)[C@@H]3CCC4=CC(=O)CCC4=C32)cc1F. The molecule has 2 fully saturated rings. The van der Waals surface area contributed by atoms with Crippen molar-refractivity contribution in [1.29, 1.82) is 0 Å². The quantitative estimate of drug-likeness (QED) is 0.478. The number of hydrogen-bond acceptors (Lipinski definition) is 3. The molecule has 2 saturated carbocycles. The molecule has 5 rings (SSSR count). The lowest BCUT2D eigenvalue weighted by atomic mass is 9.51. The molecular weight excluding hydrogens is 449 g/mol. The van der Waals surface area contributed by atoms with Gasteiger partial charge < -0.3 is 10.0 Å². The number of benzene rings is 1. The molecule has 5 atom stereocenters. The van der Waals surface area contributed by atoms with Gasteiger partial charge in [0.05, 0.1) is 5.69 Å². The first-order valence-corrected chi connectivity index (χ1v) is 13.5. The largest absolute Gasteiger partial charge is 0.377 e. The summed E-state index contributed by atoms with van der Waals surface area (Å²) in [7, 11) is 3.71. The van der Waals surface area contributed by atoms with Crippen molar-refractivity contribution < 1.29 is 14.3 Å². The maximum Gasteiger partial charge on any atom is 0.156 e. The van der Waals surface area contributed by atoms with Gasteiger partial charge >= 0.3 is 0 Å². The Bertz CT molecular complexity index is 1220. The Morgan fingerprint density at radius 2 is 1.89 bits per heavy atom. The fourth-order valence-electron chi connectivity index (χ4n) is 7.56. The van der Waals surface area contributed by atoms with Crippen LogP contribution in [-0.2, 0) is 4.79 Å². The van der Waals surface area contributed by atoms with Crippen molar-refractivity contribution in [2.75, 3.05) is 19.0 Å². The number of nitrogens with zero attached hydrogens (tertiary/aromatic N) is 1. The van der Waals surface area contributed by atoms with Crippen LogP contribution in [0.4, 0.5) is 10.1 Å². The second-order valence-electron chi connectivity index (χ2n) is 13.0. The maximum absolute atomic E-state index is 15.2. The third-order valence-corrected chi connectivity index (χ3v) is 9.39. The number of aliphatic hydroxyl groups is 1. The summed E-state index contributed by atoms with van der Waals surface area (Å²) >= 11 is 0. The van der Waals surface area contributed by atoms with Gasteiger partial charge in [0.1, 0.15) is 11.4 Å². The molecule has 4 heteroatoms. The first-order valence-electron chi connectivity index (χ1n) is 13.5. The summed E-state index contributed by atoms with van der Waals surface area (Å²) in [6, 6.07) is 5.65. The van der Waals surface area contributed by atoms with Gasteiger partial charge in [0.25, 0.3) is 0 Å². The molecule has 0 heterocycles. The highest BCUT2D eigenvalue weighted by Crippen LogP contribution is 2.66. The zero-order valence-electron chi connectivity index (χ0n) is 22.7. The van der Waals surface area contributed by atoms with E-state index >= 15 is 4.39 Å². The molecule has 0 aromatic heterocycles. The third kappa shape index (κ3) is 4.04. The highest BCUT2D eigenvalue weighted by atomic mass is 19.1. The van der Waals surface area contributed by atoms with Crippen LogP contribution in [0.15, 0.2) is 41.0 Å². The van der Waals surface area contributed by atoms with Crippen LogP contribution in [0.1, 0.15) is 84.1 Å². The molecular formula is C32H40FNO2. The highest BCUT2D eigenvalue weighted by Gasteiger charge is 2.62. The van der Waals surface area contributed by atoms with Crippen molar-refractivity contribution in [2.24, 2.45) is 22.7 Å². The van der Waals surface area contributed by atoms with E-state index in [0.717, 1.165) is 37.7 Å². The van der Waals surface area contributed by atoms with Crippen LogP contribution in [0.3, 0.4) is 0 Å². The Labute approximate surface area is 215 Å². The molecule has 1 N–H and O–H groups in total. The molecule has 0 aliphatic heterocycles. The smallest absolute Gasteiger partial charge is 0.156 e. The van der Waals surface area contributed by atoms with Gasteiger partial charge in [-0.15, -0.1) is 0 Å². The topological polar surface area (TPSA) is 40.5 Å². The van der Waals surface area contributed by atoms with Gasteiger partial charge in [0.15, 0.2) is 5.78 Å². The lowest BCUT2D eigenvalue weighted by Gasteiger charge is -2.53. The Hall–Kier alpha value is -2.38. The number of ketones is 1. The van der Waals surface area contributed by atoms with Crippen LogP contribution in [-0.4, -0.2) is 30.6 Å². The predicted molar refractivity (Wildman–Crippen MR) is 143 cm³/mol. The Morgan fingerprint density at radius 3 is 2.56 bits per heavy atom. The standard InChI is InChI=1S/C32H40FNO2/c1-30(2,3)15-16-32(36)14-13-26-24-10-7-20-17-22(35)9-11-23(20)29(24)25(19-31(26,32)4)21-8-12-28(34(5)6)27(33)18-21/h8,12,17-18,24-26,36H,7,9-11,13-14,19H2,1-6H3/t24-,25+,26-,31-,32+/m0/s1. The molecule has 0 unspecified atom stereocenters. The number of carbonyl (C=O) groups is 1. The van der Waals surface area contributed by atoms with E-state index in [9.17, 15) is 9.90 Å². The molecule has 0 spiro atoms. The van der Waals surface area contributed by atoms with E-state index < -0.39 is 5.60 Å². The zero-order chi connectivity index (χ0) is 26.0. The Morgan fingerprint density at radius 1 is 1.14 bits per heavy atom. The summed E-state index contributed by atoms with van der Waals surface area (Å²) in [6.07, 6.45) is 7.46. The fraction of sp³-hybridized carbons (Fsp3) is 0.594. The fourth-order valence-corrected chi connectivity index (χ4v) is 7.56. The van der Waals surface area contributed by atoms with Gasteiger partial charge in [-0.1, -0.05) is 30.4 Å². The zero-order valence-corrected chi connectivity index (χ0v) is 22.7. The van der Waals surface area contributed by atoms with E-state index in [-0.39, 0.29) is 28.3 Å². The normalized spacial score (nSPS) is 33.7. The number of rotatable bonds is 2. The molecule has 0 amide bonds. The van der Waals surface area contributed by atoms with E-state index in [4.69, 9.17) is 0 Å². The predicted octanol–water partition coefficient (Wildman–Crippen LogP) is 6.57. The average Bonchev–Trinajstić information content (AvgIpc) is 3.07. The summed E-state index contributed by atoms with van der Waals surface area (Å²) in [6.45, 7) is 8.48. The van der Waals surface area contributed by atoms with Crippen molar-refractivity contribution >= 4 is 11.5 Å². The van der Waals surface area contributed by atoms with E-state index in [1.165, 1.54) is 16.7 Å². The van der Waals surface area contributed by atoms with Gasteiger partial charge in [-0.2, -0.15) is 0 Å². The summed E-state index contributed by atoms with van der Waals surface area (Å²) in [4.78, 5) is 14.0. The molecule has 0 saturated heterocycles. The number of carbonyl (C=O) groups excluding carboxylic acids is 1. The third-order valence-electron chi connectivity index (χ3n) is 9.39. The molecule has 3 nitrogen and oxygen atoms in total. The van der Waals surface area contributed by atoms with Crippen LogP contribution < -0.4 is 4.90 Å². The minimum absolute atomic E-state index is 0.00919. The van der Waals surface area contributed by atoms with Gasteiger partial charge in [-0.3, -0.25) is 4.79 Å². The molecule has 4 aliphatic rings. The van der Waals surface area contributed by atoms with Crippen LogP contribution in [0.25, 0.3) is 0 Å². The van der Waals surface area contributed by atoms with Crippen molar-refractivity contribution in [1.82, 2.24) is 0 Å². The van der Waals surface area contributed by atoms with Crippen LogP contribution >= 0.6 is 0 Å². The second-order valence-corrected chi connectivity index (χ2v) is 13.0. The van der Waals surface area contributed by atoms with Gasteiger partial charge in [-0.05, 0) is 106 Å². The monoisotopic (exact) mass is 489 g/mol. The number of allylic oxidation sites excluding steroid dienone is 4. The van der Waals surface area contributed by atoms with Crippen molar-refractivity contribution in [3.8, 4) is 11.8 Å². The summed E-state index contributed by atoms with van der Waals surface area (Å²) < 4.78 is 15.2. The highest BCUT2D eigenvalue weighted by molar-refractivity contribution is 5.93. The number of fused-ring (bicyclic) bond motifs is 4. The summed E-state index contributed by atoms with van der Waals surface area (Å²) in [5.41, 5.74) is 3.87. The van der Waals surface area contributed by atoms with E-state index in [1.807, 2.05) is 26.2 Å². The average molecular weight is 490 g/mol.